The van der Waals surface area contributed by atoms with E-state index in [4.69, 9.17) is 0 Å². The van der Waals surface area contributed by atoms with Gasteiger partial charge in [0.05, 0.1) is 26.1 Å². The zero-order valence-electron chi connectivity index (χ0n) is 29.9. The van der Waals surface area contributed by atoms with Gasteiger partial charge in [-0.2, -0.15) is 0 Å². The highest BCUT2D eigenvalue weighted by Crippen LogP contribution is 2.45. The van der Waals surface area contributed by atoms with Crippen molar-refractivity contribution in [1.82, 2.24) is 4.57 Å². The van der Waals surface area contributed by atoms with Crippen LogP contribution in [0.25, 0.3) is 81.0 Å². The second-order valence-electron chi connectivity index (χ2n) is 14.1. The van der Waals surface area contributed by atoms with Crippen molar-refractivity contribution in [3.8, 4) is 39.1 Å². The second kappa shape index (κ2) is 12.9. The van der Waals surface area contributed by atoms with E-state index in [0.717, 1.165) is 17.1 Å². The predicted molar refractivity (Wildman–Crippen MR) is 236 cm³/mol. The highest BCUT2D eigenvalue weighted by Gasteiger charge is 2.21. The molecule has 0 atom stereocenters. The molecule has 0 aliphatic carbocycles. The van der Waals surface area contributed by atoms with Crippen LogP contribution in [0.3, 0.4) is 0 Å². The Balaban J connectivity index is 1.08. The fourth-order valence-corrected chi connectivity index (χ4v) is 9.56. The van der Waals surface area contributed by atoms with Crippen molar-refractivity contribution in [3.63, 3.8) is 0 Å². The number of para-hydroxylation sites is 2. The number of fused-ring (bicyclic) bond motifs is 4. The summed E-state index contributed by atoms with van der Waals surface area (Å²) < 4.78 is 5.07. The molecule has 0 saturated carbocycles. The SMILES string of the molecule is c1ccc(-c2cccc(N(c3ccc(-c4ccc5c6c4cccc6c4cccc6sc7ccccc7n5-c64)cc3)c3cccc(-c4ccccc4)c3)c2)cc1. The number of pyridine rings is 1. The fourth-order valence-electron chi connectivity index (χ4n) is 8.47. The van der Waals surface area contributed by atoms with Gasteiger partial charge in [-0.1, -0.05) is 146 Å². The molecule has 0 aromatic heterocycles. The molecule has 0 unspecified atom stereocenters. The lowest BCUT2D eigenvalue weighted by Gasteiger charge is -2.27. The van der Waals surface area contributed by atoms with Crippen molar-refractivity contribution in [2.45, 2.75) is 0 Å². The quantitative estimate of drug-likeness (QED) is 0.123. The Labute approximate surface area is 323 Å². The molecule has 0 saturated heterocycles. The Hall–Kier alpha value is -6.94. The number of hydrogen-bond donors (Lipinski definition) is 0. The van der Waals surface area contributed by atoms with Crippen LogP contribution < -0.4 is 4.90 Å². The number of hydrogen-bond acceptors (Lipinski definition) is 2. The van der Waals surface area contributed by atoms with Crippen LogP contribution in [0, 0.1) is 0 Å². The van der Waals surface area contributed by atoms with Crippen molar-refractivity contribution >= 4 is 70.4 Å². The van der Waals surface area contributed by atoms with Crippen molar-refractivity contribution in [1.29, 1.82) is 0 Å². The van der Waals surface area contributed by atoms with E-state index in [2.05, 4.69) is 216 Å². The summed E-state index contributed by atoms with van der Waals surface area (Å²) in [5, 5.41) is 5.14. The Bertz CT molecular complexity index is 3050. The van der Waals surface area contributed by atoms with E-state index in [0.29, 0.717) is 0 Å². The van der Waals surface area contributed by atoms with Gasteiger partial charge in [0.15, 0.2) is 0 Å². The molecule has 258 valence electrons. The summed E-state index contributed by atoms with van der Waals surface area (Å²) in [7, 11) is 0. The van der Waals surface area contributed by atoms with Gasteiger partial charge in [-0.15, -0.1) is 11.3 Å². The van der Waals surface area contributed by atoms with Crippen LogP contribution in [-0.4, -0.2) is 4.57 Å². The summed E-state index contributed by atoms with van der Waals surface area (Å²) in [5.41, 5.74) is 14.3. The Morgan fingerprint density at radius 3 is 1.62 bits per heavy atom. The molecule has 0 bridgehead atoms. The number of benzene rings is 9. The highest BCUT2D eigenvalue weighted by molar-refractivity contribution is 7.24. The molecule has 3 heteroatoms. The second-order valence-corrected chi connectivity index (χ2v) is 15.2. The minimum absolute atomic E-state index is 1.10. The first-order chi connectivity index (χ1) is 27.3. The normalized spacial score (nSPS) is 11.6. The molecule has 11 rings (SSSR count). The smallest absolute Gasteiger partial charge is 0.0713 e. The van der Waals surface area contributed by atoms with Gasteiger partial charge in [0.1, 0.15) is 0 Å². The van der Waals surface area contributed by atoms with Crippen molar-refractivity contribution in [2.24, 2.45) is 0 Å². The molecule has 0 radical (unpaired) electrons. The van der Waals surface area contributed by atoms with Crippen LogP contribution in [0.4, 0.5) is 17.1 Å². The molecule has 0 amide bonds. The number of aromatic nitrogens is 1. The lowest BCUT2D eigenvalue weighted by molar-refractivity contribution is 1.20. The van der Waals surface area contributed by atoms with E-state index < -0.39 is 0 Å². The summed E-state index contributed by atoms with van der Waals surface area (Å²) in [6.07, 6.45) is 0. The van der Waals surface area contributed by atoms with Gasteiger partial charge in [0.2, 0.25) is 0 Å². The molecule has 2 heterocycles. The molecular weight excluding hydrogens is 685 g/mol. The summed E-state index contributed by atoms with van der Waals surface area (Å²) in [4.78, 5) is 2.38. The molecular formula is C52H34N2S. The summed E-state index contributed by atoms with van der Waals surface area (Å²) in [5.74, 6) is 0. The third-order valence-electron chi connectivity index (χ3n) is 11.0. The first-order valence-corrected chi connectivity index (χ1v) is 19.6. The first-order valence-electron chi connectivity index (χ1n) is 18.8. The molecule has 0 spiro atoms. The fraction of sp³-hybridized carbons (Fsp3) is 0. The zero-order valence-corrected chi connectivity index (χ0v) is 30.7. The third kappa shape index (κ3) is 5.24. The van der Waals surface area contributed by atoms with Crippen LogP contribution in [0.2, 0.25) is 0 Å². The van der Waals surface area contributed by atoms with E-state index in [1.165, 1.54) is 81.0 Å². The van der Waals surface area contributed by atoms with Gasteiger partial charge in [0.25, 0.3) is 0 Å². The van der Waals surface area contributed by atoms with E-state index in [1.54, 1.807) is 0 Å². The summed E-state index contributed by atoms with van der Waals surface area (Å²) in [6, 6.07) is 75.1. The van der Waals surface area contributed by atoms with Crippen molar-refractivity contribution < 1.29 is 0 Å². The van der Waals surface area contributed by atoms with Crippen LogP contribution in [0.15, 0.2) is 206 Å². The van der Waals surface area contributed by atoms with E-state index in [-0.39, 0.29) is 0 Å². The average Bonchev–Trinajstić information content (AvgIpc) is 3.26. The van der Waals surface area contributed by atoms with E-state index >= 15 is 0 Å². The molecule has 55 heavy (non-hydrogen) atoms. The maximum absolute atomic E-state index is 2.49. The first kappa shape index (κ1) is 31.6. The maximum atomic E-state index is 2.49. The maximum Gasteiger partial charge on any atom is 0.0713 e. The largest absolute Gasteiger partial charge is 0.310 e. The molecule has 0 fully saturated rings. The molecule has 2 aliphatic heterocycles. The van der Waals surface area contributed by atoms with Crippen LogP contribution >= 0.6 is 11.3 Å². The molecule has 2 aliphatic rings. The number of nitrogens with zero attached hydrogens (tertiary/aromatic N) is 2. The standard InChI is InChI=1S/C52H34N2S/c1-3-13-35(14-4-1)38-17-9-19-41(33-38)53(42-20-10-18-39(34-42)36-15-5-2-6-16-36)40-29-27-37(28-30-40)43-31-32-48-51-44(43)21-11-22-45(51)46-23-12-26-50-52(46)54(48)47-24-7-8-25-49(47)55-50/h1-34H. The van der Waals surface area contributed by atoms with E-state index in [1.807, 2.05) is 11.3 Å². The summed E-state index contributed by atoms with van der Waals surface area (Å²) in [6.45, 7) is 0. The molecule has 9 aromatic carbocycles. The summed E-state index contributed by atoms with van der Waals surface area (Å²) >= 11 is 1.87. The highest BCUT2D eigenvalue weighted by atomic mass is 32.1. The van der Waals surface area contributed by atoms with Gasteiger partial charge in [-0.25, -0.2) is 0 Å². The van der Waals surface area contributed by atoms with Gasteiger partial charge < -0.3 is 9.47 Å². The van der Waals surface area contributed by atoms with Gasteiger partial charge in [-0.05, 0) is 105 Å². The van der Waals surface area contributed by atoms with Gasteiger partial charge in [-0.3, -0.25) is 0 Å². The van der Waals surface area contributed by atoms with Crippen molar-refractivity contribution in [3.05, 3.63) is 206 Å². The van der Waals surface area contributed by atoms with Crippen LogP contribution in [-0.2, 0) is 0 Å². The zero-order chi connectivity index (χ0) is 36.3. The minimum Gasteiger partial charge on any atom is -0.310 e. The van der Waals surface area contributed by atoms with E-state index in [9.17, 15) is 0 Å². The minimum atomic E-state index is 1.10. The van der Waals surface area contributed by atoms with Crippen LogP contribution in [0.5, 0.6) is 0 Å². The monoisotopic (exact) mass is 718 g/mol. The third-order valence-corrected chi connectivity index (χ3v) is 12.1. The number of anilines is 3. The Kier molecular flexibility index (Phi) is 7.39. The lowest BCUT2D eigenvalue weighted by atomic mass is 9.92. The predicted octanol–water partition coefficient (Wildman–Crippen LogP) is 15.1. The molecule has 2 nitrogen and oxygen atoms in total. The molecule has 9 aromatic rings. The van der Waals surface area contributed by atoms with Gasteiger partial charge >= 0.3 is 0 Å². The van der Waals surface area contributed by atoms with Crippen LogP contribution in [0.1, 0.15) is 0 Å². The van der Waals surface area contributed by atoms with Crippen molar-refractivity contribution in [2.75, 3.05) is 4.90 Å². The molecule has 0 N–H and O–H groups in total. The topological polar surface area (TPSA) is 8.17 Å². The lowest BCUT2D eigenvalue weighted by Crippen LogP contribution is -2.10. The Morgan fingerprint density at radius 1 is 0.345 bits per heavy atom. The Morgan fingerprint density at radius 2 is 0.909 bits per heavy atom. The van der Waals surface area contributed by atoms with Gasteiger partial charge in [0, 0.05) is 27.8 Å². The average molecular weight is 719 g/mol. The number of rotatable bonds is 6.